The van der Waals surface area contributed by atoms with Gasteiger partial charge in [0.15, 0.2) is 0 Å². The van der Waals surface area contributed by atoms with E-state index in [9.17, 15) is 4.79 Å². The molecule has 1 saturated heterocycles. The third kappa shape index (κ3) is 3.67. The second-order valence-corrected chi connectivity index (χ2v) is 4.46. The predicted octanol–water partition coefficient (Wildman–Crippen LogP) is 2.16. The van der Waals surface area contributed by atoms with Crippen LogP contribution < -0.4 is 0 Å². The van der Waals surface area contributed by atoms with Gasteiger partial charge in [0.05, 0.1) is 0 Å². The number of likely N-dealkylation sites (tertiary alicyclic amines) is 1. The lowest BCUT2D eigenvalue weighted by molar-refractivity contribution is 0.0413. The van der Waals surface area contributed by atoms with Gasteiger partial charge in [0.1, 0.15) is 6.10 Å². The molecule has 1 fully saturated rings. The molecule has 16 heavy (non-hydrogen) atoms. The smallest absolute Gasteiger partial charge is 0.410 e. The van der Waals surface area contributed by atoms with Gasteiger partial charge in [0.25, 0.3) is 0 Å². The number of hydrogen-bond acceptors (Lipinski definition) is 3. The SMILES string of the molecule is CC[C@@H](C)OC(=O)N1CCCCC1CCO. The summed E-state index contributed by atoms with van der Waals surface area (Å²) in [4.78, 5) is 13.7. The maximum Gasteiger partial charge on any atom is 0.410 e. The highest BCUT2D eigenvalue weighted by Crippen LogP contribution is 2.20. The van der Waals surface area contributed by atoms with Gasteiger partial charge in [-0.3, -0.25) is 0 Å². The number of nitrogens with zero attached hydrogens (tertiary/aromatic N) is 1. The van der Waals surface area contributed by atoms with Crippen molar-refractivity contribution in [3.05, 3.63) is 0 Å². The Morgan fingerprint density at radius 1 is 1.56 bits per heavy atom. The molecule has 0 aromatic heterocycles. The second-order valence-electron chi connectivity index (χ2n) is 4.46. The first kappa shape index (κ1) is 13.3. The van der Waals surface area contributed by atoms with Gasteiger partial charge < -0.3 is 14.7 Å². The molecule has 4 heteroatoms. The summed E-state index contributed by atoms with van der Waals surface area (Å²) in [6, 6.07) is 0.162. The maximum atomic E-state index is 11.9. The topological polar surface area (TPSA) is 49.8 Å². The molecule has 2 atom stereocenters. The average molecular weight is 229 g/mol. The van der Waals surface area contributed by atoms with Gasteiger partial charge in [-0.1, -0.05) is 6.92 Å². The summed E-state index contributed by atoms with van der Waals surface area (Å²) in [7, 11) is 0. The number of rotatable bonds is 4. The van der Waals surface area contributed by atoms with Crippen molar-refractivity contribution in [2.45, 2.75) is 58.1 Å². The number of aliphatic hydroxyl groups is 1. The molecule has 0 saturated carbocycles. The molecule has 1 N–H and O–H groups in total. The van der Waals surface area contributed by atoms with E-state index in [1.54, 1.807) is 4.90 Å². The lowest BCUT2D eigenvalue weighted by atomic mass is 10.0. The summed E-state index contributed by atoms with van der Waals surface area (Å²) in [6.07, 6.45) is 4.42. The molecule has 4 nitrogen and oxygen atoms in total. The molecule has 1 amide bonds. The monoisotopic (exact) mass is 229 g/mol. The van der Waals surface area contributed by atoms with Crippen LogP contribution in [0.5, 0.6) is 0 Å². The number of ether oxygens (including phenoxy) is 1. The highest BCUT2D eigenvalue weighted by molar-refractivity contribution is 5.68. The molecule has 0 spiro atoms. The summed E-state index contributed by atoms with van der Waals surface area (Å²) >= 11 is 0. The largest absolute Gasteiger partial charge is 0.446 e. The maximum absolute atomic E-state index is 11.9. The molecule has 0 aromatic rings. The van der Waals surface area contributed by atoms with Crippen LogP contribution in [0.4, 0.5) is 4.79 Å². The molecule has 0 bridgehead atoms. The minimum absolute atomic E-state index is 0.0239. The van der Waals surface area contributed by atoms with Crippen LogP contribution in [0.3, 0.4) is 0 Å². The minimum Gasteiger partial charge on any atom is -0.446 e. The Labute approximate surface area is 97.6 Å². The number of amides is 1. The van der Waals surface area contributed by atoms with Gasteiger partial charge >= 0.3 is 6.09 Å². The first-order valence-electron chi connectivity index (χ1n) is 6.27. The van der Waals surface area contributed by atoms with Crippen molar-refractivity contribution in [1.29, 1.82) is 0 Å². The van der Waals surface area contributed by atoms with E-state index < -0.39 is 0 Å². The number of carbonyl (C=O) groups excluding carboxylic acids is 1. The van der Waals surface area contributed by atoms with Crippen molar-refractivity contribution in [1.82, 2.24) is 4.90 Å². The molecule has 0 aliphatic carbocycles. The summed E-state index contributed by atoms with van der Waals surface area (Å²) in [6.45, 7) is 4.81. The average Bonchev–Trinajstić information content (AvgIpc) is 2.30. The van der Waals surface area contributed by atoms with E-state index in [2.05, 4.69) is 0 Å². The van der Waals surface area contributed by atoms with Crippen molar-refractivity contribution in [3.8, 4) is 0 Å². The number of aliphatic hydroxyl groups excluding tert-OH is 1. The normalized spacial score (nSPS) is 22.9. The van der Waals surface area contributed by atoms with Gasteiger partial charge in [0, 0.05) is 19.2 Å². The van der Waals surface area contributed by atoms with E-state index in [0.29, 0.717) is 6.42 Å². The van der Waals surface area contributed by atoms with Crippen LogP contribution in [-0.4, -0.2) is 41.4 Å². The fourth-order valence-electron chi connectivity index (χ4n) is 2.01. The first-order chi connectivity index (χ1) is 7.69. The number of piperidine rings is 1. The second kappa shape index (κ2) is 6.74. The van der Waals surface area contributed by atoms with Crippen molar-refractivity contribution >= 4 is 6.09 Å². The molecule has 0 aromatic carbocycles. The Hall–Kier alpha value is -0.770. The Bertz CT molecular complexity index is 218. The predicted molar refractivity (Wildman–Crippen MR) is 62.3 cm³/mol. The fraction of sp³-hybridized carbons (Fsp3) is 0.917. The number of carbonyl (C=O) groups is 1. The van der Waals surface area contributed by atoms with Gasteiger partial charge in [0.2, 0.25) is 0 Å². The Balaban J connectivity index is 2.50. The molecule has 94 valence electrons. The van der Waals surface area contributed by atoms with Crippen molar-refractivity contribution in [2.24, 2.45) is 0 Å². The van der Waals surface area contributed by atoms with Crippen LogP contribution in [0, 0.1) is 0 Å². The van der Waals surface area contributed by atoms with Gasteiger partial charge in [-0.05, 0) is 39.0 Å². The molecule has 0 radical (unpaired) electrons. The molecule has 1 unspecified atom stereocenters. The highest BCUT2D eigenvalue weighted by Gasteiger charge is 2.27. The Kier molecular flexibility index (Phi) is 5.60. The van der Waals surface area contributed by atoms with Crippen LogP contribution in [0.15, 0.2) is 0 Å². The third-order valence-corrected chi connectivity index (χ3v) is 3.20. The van der Waals surface area contributed by atoms with Crippen LogP contribution in [0.1, 0.15) is 46.0 Å². The summed E-state index contributed by atoms with van der Waals surface area (Å²) in [5, 5.41) is 8.97. The summed E-state index contributed by atoms with van der Waals surface area (Å²) in [5.74, 6) is 0. The van der Waals surface area contributed by atoms with Crippen LogP contribution in [-0.2, 0) is 4.74 Å². The Morgan fingerprint density at radius 3 is 2.94 bits per heavy atom. The van der Waals surface area contributed by atoms with E-state index in [1.807, 2.05) is 13.8 Å². The molecule has 1 aliphatic heterocycles. The zero-order chi connectivity index (χ0) is 12.0. The molecule has 1 heterocycles. The summed E-state index contributed by atoms with van der Waals surface area (Å²) < 4.78 is 5.32. The van der Waals surface area contributed by atoms with E-state index in [0.717, 1.165) is 32.2 Å². The molecular weight excluding hydrogens is 206 g/mol. The van der Waals surface area contributed by atoms with Crippen molar-refractivity contribution in [3.63, 3.8) is 0 Å². The Morgan fingerprint density at radius 2 is 2.31 bits per heavy atom. The van der Waals surface area contributed by atoms with Gasteiger partial charge in [-0.15, -0.1) is 0 Å². The van der Waals surface area contributed by atoms with E-state index in [1.165, 1.54) is 0 Å². The third-order valence-electron chi connectivity index (χ3n) is 3.20. The minimum atomic E-state index is -0.215. The highest BCUT2D eigenvalue weighted by atomic mass is 16.6. The standard InChI is InChI=1S/C12H23NO3/c1-3-10(2)16-12(15)13-8-5-4-6-11(13)7-9-14/h10-11,14H,3-9H2,1-2H3/t10-,11?/m1/s1. The zero-order valence-electron chi connectivity index (χ0n) is 10.3. The molecular formula is C12H23NO3. The van der Waals surface area contributed by atoms with Gasteiger partial charge in [-0.25, -0.2) is 4.79 Å². The van der Waals surface area contributed by atoms with Crippen molar-refractivity contribution in [2.75, 3.05) is 13.2 Å². The van der Waals surface area contributed by atoms with E-state index >= 15 is 0 Å². The fourth-order valence-corrected chi connectivity index (χ4v) is 2.01. The van der Waals surface area contributed by atoms with Crippen LogP contribution in [0.25, 0.3) is 0 Å². The molecule has 1 aliphatic rings. The van der Waals surface area contributed by atoms with Crippen LogP contribution >= 0.6 is 0 Å². The van der Waals surface area contributed by atoms with E-state index in [4.69, 9.17) is 9.84 Å². The van der Waals surface area contributed by atoms with Crippen LogP contribution in [0.2, 0.25) is 0 Å². The first-order valence-corrected chi connectivity index (χ1v) is 6.27. The quantitative estimate of drug-likeness (QED) is 0.803. The lowest BCUT2D eigenvalue weighted by Crippen LogP contribution is -2.45. The lowest BCUT2D eigenvalue weighted by Gasteiger charge is -2.35. The number of hydrogen-bond donors (Lipinski definition) is 1. The van der Waals surface area contributed by atoms with E-state index in [-0.39, 0.29) is 24.8 Å². The summed E-state index contributed by atoms with van der Waals surface area (Å²) in [5.41, 5.74) is 0. The molecule has 1 rings (SSSR count). The van der Waals surface area contributed by atoms with Gasteiger partial charge in [-0.2, -0.15) is 0 Å². The zero-order valence-corrected chi connectivity index (χ0v) is 10.3. The van der Waals surface area contributed by atoms with Crippen molar-refractivity contribution < 1.29 is 14.6 Å².